The van der Waals surface area contributed by atoms with Gasteiger partial charge in [-0.3, -0.25) is 9.58 Å². The lowest BCUT2D eigenvalue weighted by molar-refractivity contribution is -0.141. The summed E-state index contributed by atoms with van der Waals surface area (Å²) in [7, 11) is 4.01. The summed E-state index contributed by atoms with van der Waals surface area (Å²) in [5, 5.41) is 14.3. The smallest absolute Gasteiger partial charge is 0.368 e. The summed E-state index contributed by atoms with van der Waals surface area (Å²) < 4.78 is 39.5. The molecule has 1 fully saturated rings. The summed E-state index contributed by atoms with van der Waals surface area (Å²) in [5.74, 6) is 0.656. The molecular weight excluding hydrogens is 333 g/mol. The molecular formula is C16H21F3N6. The van der Waals surface area contributed by atoms with Crippen molar-refractivity contribution in [3.63, 3.8) is 0 Å². The molecule has 6 nitrogen and oxygen atoms in total. The van der Waals surface area contributed by atoms with Gasteiger partial charge in [-0.1, -0.05) is 0 Å². The lowest BCUT2D eigenvalue weighted by Crippen LogP contribution is -2.40. The molecule has 0 spiro atoms. The molecule has 25 heavy (non-hydrogen) atoms. The number of aryl methyl sites for hydroxylation is 1. The normalized spacial score (nSPS) is 22.1. The molecule has 0 radical (unpaired) electrons. The minimum Gasteiger partial charge on any atom is -0.368 e. The number of nitrogens with zero attached hydrogens (tertiary/aromatic N) is 5. The van der Waals surface area contributed by atoms with Crippen LogP contribution in [0.3, 0.4) is 0 Å². The van der Waals surface area contributed by atoms with E-state index in [0.29, 0.717) is 18.3 Å². The van der Waals surface area contributed by atoms with Gasteiger partial charge in [-0.25, -0.2) is 0 Å². The summed E-state index contributed by atoms with van der Waals surface area (Å²) in [6.45, 7) is 1.62. The summed E-state index contributed by atoms with van der Waals surface area (Å²) in [6, 6.07) is 4.48. The molecule has 2 atom stereocenters. The molecule has 1 N–H and O–H groups in total. The maximum absolute atomic E-state index is 12.5. The molecule has 2 aromatic rings. The number of aromatic nitrogens is 4. The van der Waals surface area contributed by atoms with Crippen molar-refractivity contribution in [2.45, 2.75) is 25.1 Å². The Hall–Kier alpha value is -2.16. The number of hydrogen-bond acceptors (Lipinski definition) is 5. The number of alkyl halides is 3. The van der Waals surface area contributed by atoms with E-state index in [1.807, 2.05) is 17.8 Å². The summed E-state index contributed by atoms with van der Waals surface area (Å²) in [4.78, 5) is 2.30. The van der Waals surface area contributed by atoms with Crippen LogP contribution < -0.4 is 5.32 Å². The van der Waals surface area contributed by atoms with Gasteiger partial charge in [0.15, 0.2) is 5.69 Å². The lowest BCUT2D eigenvalue weighted by Gasteiger charge is -2.39. The van der Waals surface area contributed by atoms with Gasteiger partial charge in [0.05, 0.1) is 11.7 Å². The Morgan fingerprint density at radius 3 is 2.60 bits per heavy atom. The second-order valence-electron chi connectivity index (χ2n) is 6.39. The van der Waals surface area contributed by atoms with Crippen molar-refractivity contribution in [2.75, 3.05) is 25.5 Å². The van der Waals surface area contributed by atoms with Gasteiger partial charge >= 0.3 is 6.18 Å². The zero-order valence-electron chi connectivity index (χ0n) is 14.2. The molecule has 1 aliphatic rings. The van der Waals surface area contributed by atoms with Crippen LogP contribution in [0, 0.1) is 5.92 Å². The average molecular weight is 354 g/mol. The Balaban J connectivity index is 1.69. The second-order valence-corrected chi connectivity index (χ2v) is 6.39. The fourth-order valence-corrected chi connectivity index (χ4v) is 3.43. The summed E-state index contributed by atoms with van der Waals surface area (Å²) in [5.41, 5.74) is 0.149. The number of piperidine rings is 1. The van der Waals surface area contributed by atoms with Crippen LogP contribution >= 0.6 is 0 Å². The molecule has 0 saturated carbocycles. The van der Waals surface area contributed by atoms with Crippen LogP contribution in [-0.2, 0) is 13.2 Å². The minimum atomic E-state index is -4.47. The SMILES string of the molecule is CN1CCC[C@@H](CNc2ccc(C(F)(F)F)nn2)[C@@H]1c1ccnn1C. The molecule has 0 bridgehead atoms. The van der Waals surface area contributed by atoms with E-state index in [2.05, 4.69) is 32.6 Å². The molecule has 2 aromatic heterocycles. The van der Waals surface area contributed by atoms with Crippen LogP contribution in [0.4, 0.5) is 19.0 Å². The highest BCUT2D eigenvalue weighted by atomic mass is 19.4. The molecule has 3 heterocycles. The van der Waals surface area contributed by atoms with Crippen molar-refractivity contribution in [3.05, 3.63) is 35.8 Å². The molecule has 9 heteroatoms. The first-order valence-corrected chi connectivity index (χ1v) is 8.19. The molecule has 0 amide bonds. The molecule has 0 aliphatic carbocycles. The predicted molar refractivity (Wildman–Crippen MR) is 86.8 cm³/mol. The third kappa shape index (κ3) is 3.92. The third-order valence-corrected chi connectivity index (χ3v) is 4.67. The first-order valence-electron chi connectivity index (χ1n) is 8.19. The Morgan fingerprint density at radius 2 is 2.00 bits per heavy atom. The van der Waals surface area contributed by atoms with Gasteiger partial charge in [0.1, 0.15) is 5.82 Å². The van der Waals surface area contributed by atoms with Crippen LogP contribution in [-0.4, -0.2) is 45.0 Å². The van der Waals surface area contributed by atoms with Gasteiger partial charge in [-0.05, 0) is 50.6 Å². The maximum Gasteiger partial charge on any atom is 0.435 e. The molecule has 136 valence electrons. The second kappa shape index (κ2) is 6.99. The number of anilines is 1. The van der Waals surface area contributed by atoms with Crippen LogP contribution in [0.5, 0.6) is 0 Å². The van der Waals surface area contributed by atoms with E-state index in [-0.39, 0.29) is 6.04 Å². The minimum absolute atomic E-state index is 0.205. The van der Waals surface area contributed by atoms with E-state index in [1.54, 1.807) is 6.20 Å². The number of halogens is 3. The first-order chi connectivity index (χ1) is 11.9. The van der Waals surface area contributed by atoms with Crippen molar-refractivity contribution < 1.29 is 13.2 Å². The quantitative estimate of drug-likeness (QED) is 0.915. The van der Waals surface area contributed by atoms with E-state index in [4.69, 9.17) is 0 Å². The lowest BCUT2D eigenvalue weighted by atomic mass is 9.87. The monoisotopic (exact) mass is 354 g/mol. The highest BCUT2D eigenvalue weighted by Crippen LogP contribution is 2.35. The van der Waals surface area contributed by atoms with E-state index in [1.165, 1.54) is 6.07 Å². The van der Waals surface area contributed by atoms with Crippen molar-refractivity contribution >= 4 is 5.82 Å². The number of nitrogens with one attached hydrogen (secondary N) is 1. The first kappa shape index (κ1) is 17.7. The highest BCUT2D eigenvalue weighted by molar-refractivity contribution is 5.33. The van der Waals surface area contributed by atoms with Gasteiger partial charge in [-0.2, -0.15) is 18.3 Å². The highest BCUT2D eigenvalue weighted by Gasteiger charge is 2.34. The zero-order valence-corrected chi connectivity index (χ0v) is 14.2. The topological polar surface area (TPSA) is 58.9 Å². The van der Waals surface area contributed by atoms with E-state index in [9.17, 15) is 13.2 Å². The number of rotatable bonds is 4. The Kier molecular flexibility index (Phi) is 4.94. The van der Waals surface area contributed by atoms with Crippen LogP contribution in [0.25, 0.3) is 0 Å². The predicted octanol–water partition coefficient (Wildman–Crippen LogP) is 2.72. The summed E-state index contributed by atoms with van der Waals surface area (Å²) in [6.07, 6.45) is -0.580. The van der Waals surface area contributed by atoms with Crippen molar-refractivity contribution in [3.8, 4) is 0 Å². The molecule has 1 saturated heterocycles. The van der Waals surface area contributed by atoms with Gasteiger partial charge in [0.2, 0.25) is 0 Å². The van der Waals surface area contributed by atoms with E-state index in [0.717, 1.165) is 31.1 Å². The fraction of sp³-hybridized carbons (Fsp3) is 0.562. The van der Waals surface area contributed by atoms with Crippen LogP contribution in [0.2, 0.25) is 0 Å². The van der Waals surface area contributed by atoms with Crippen LogP contribution in [0.15, 0.2) is 24.4 Å². The third-order valence-electron chi connectivity index (χ3n) is 4.67. The summed E-state index contributed by atoms with van der Waals surface area (Å²) >= 11 is 0. The van der Waals surface area contributed by atoms with Crippen molar-refractivity contribution in [2.24, 2.45) is 13.0 Å². The van der Waals surface area contributed by atoms with E-state index >= 15 is 0 Å². The fourth-order valence-electron chi connectivity index (χ4n) is 3.43. The zero-order chi connectivity index (χ0) is 18.0. The number of likely N-dealkylation sites (tertiary alicyclic amines) is 1. The Labute approximate surface area is 144 Å². The van der Waals surface area contributed by atoms with Gasteiger partial charge in [0.25, 0.3) is 0 Å². The molecule has 0 aromatic carbocycles. The standard InChI is InChI=1S/C16H21F3N6/c1-24-9-3-4-11(15(24)12-7-8-21-25(12)2)10-20-14-6-5-13(22-23-14)16(17,18)19/h5-8,11,15H,3-4,9-10H2,1-2H3,(H,20,23)/t11-,15+/m0/s1. The molecule has 1 aliphatic heterocycles. The Morgan fingerprint density at radius 1 is 1.20 bits per heavy atom. The largest absolute Gasteiger partial charge is 0.435 e. The van der Waals surface area contributed by atoms with Crippen molar-refractivity contribution in [1.82, 2.24) is 24.9 Å². The van der Waals surface area contributed by atoms with Crippen LogP contribution in [0.1, 0.15) is 30.3 Å². The maximum atomic E-state index is 12.5. The molecule has 3 rings (SSSR count). The van der Waals surface area contributed by atoms with Gasteiger partial charge in [-0.15, -0.1) is 10.2 Å². The number of hydrogen-bond donors (Lipinski definition) is 1. The van der Waals surface area contributed by atoms with Gasteiger partial charge < -0.3 is 5.32 Å². The van der Waals surface area contributed by atoms with Crippen molar-refractivity contribution in [1.29, 1.82) is 0 Å². The average Bonchev–Trinajstić information content (AvgIpc) is 2.98. The Bertz CT molecular complexity index is 697. The van der Waals surface area contributed by atoms with E-state index < -0.39 is 11.9 Å². The molecule has 0 unspecified atom stereocenters. The van der Waals surface area contributed by atoms with Gasteiger partial charge in [0, 0.05) is 19.8 Å².